The van der Waals surface area contributed by atoms with Crippen LogP contribution in [-0.4, -0.2) is 35.5 Å². The Bertz CT molecular complexity index is 817. The third kappa shape index (κ3) is 4.86. The van der Waals surface area contributed by atoms with Gasteiger partial charge in [-0.2, -0.15) is 0 Å². The molecule has 1 aliphatic heterocycles. The lowest BCUT2D eigenvalue weighted by Crippen LogP contribution is -2.26. The van der Waals surface area contributed by atoms with Crippen LogP contribution in [0.15, 0.2) is 36.4 Å². The fourth-order valence-electron chi connectivity index (χ4n) is 3.50. The molecule has 0 aromatic heterocycles. The van der Waals surface area contributed by atoms with Crippen LogP contribution in [0.4, 0.5) is 5.69 Å². The molecule has 142 valence electrons. The molecular formula is C22H26N2O2S. The van der Waals surface area contributed by atoms with Crippen LogP contribution in [0.1, 0.15) is 35.1 Å². The maximum atomic E-state index is 12.3. The van der Waals surface area contributed by atoms with Gasteiger partial charge in [-0.1, -0.05) is 29.9 Å². The molecule has 0 bridgehead atoms. The zero-order valence-electron chi connectivity index (χ0n) is 16.2. The SMILES string of the molecule is Cc1cc(C)c(NC(=O)COc2ccc(C(=S)N3CCCC3)cc2)c(C)c1. The van der Waals surface area contributed by atoms with Gasteiger partial charge in [-0.05, 0) is 69.0 Å². The molecule has 0 aliphatic carbocycles. The standard InChI is InChI=1S/C22H26N2O2S/c1-15-12-16(2)21(17(3)13-15)23-20(25)14-26-19-8-6-18(7-9-19)22(27)24-10-4-5-11-24/h6-9,12-13H,4-5,10-11,14H2,1-3H3,(H,23,25). The predicted molar refractivity (Wildman–Crippen MR) is 114 cm³/mol. The summed E-state index contributed by atoms with van der Waals surface area (Å²) in [4.78, 5) is 15.4. The Morgan fingerprint density at radius 3 is 2.26 bits per heavy atom. The molecule has 3 rings (SSSR count). The summed E-state index contributed by atoms with van der Waals surface area (Å²) in [6.07, 6.45) is 2.41. The maximum Gasteiger partial charge on any atom is 0.262 e. The smallest absolute Gasteiger partial charge is 0.262 e. The normalized spacial score (nSPS) is 13.5. The lowest BCUT2D eigenvalue weighted by atomic mass is 10.1. The summed E-state index contributed by atoms with van der Waals surface area (Å²) in [5, 5.41) is 2.95. The number of hydrogen-bond acceptors (Lipinski definition) is 3. The quantitative estimate of drug-likeness (QED) is 0.778. The highest BCUT2D eigenvalue weighted by molar-refractivity contribution is 7.80. The molecule has 0 unspecified atom stereocenters. The van der Waals surface area contributed by atoms with Crippen molar-refractivity contribution in [2.45, 2.75) is 33.6 Å². The van der Waals surface area contributed by atoms with Gasteiger partial charge in [0.15, 0.2) is 6.61 Å². The number of hydrogen-bond donors (Lipinski definition) is 1. The lowest BCUT2D eigenvalue weighted by Gasteiger charge is -2.18. The van der Waals surface area contributed by atoms with Crippen molar-refractivity contribution in [3.8, 4) is 5.75 Å². The number of amides is 1. The van der Waals surface area contributed by atoms with E-state index in [0.717, 1.165) is 40.5 Å². The van der Waals surface area contributed by atoms with E-state index in [9.17, 15) is 4.79 Å². The van der Waals surface area contributed by atoms with Gasteiger partial charge in [0.1, 0.15) is 10.7 Å². The molecule has 0 spiro atoms. The highest BCUT2D eigenvalue weighted by Crippen LogP contribution is 2.22. The molecule has 0 radical (unpaired) electrons. The minimum absolute atomic E-state index is 0.0251. The molecule has 1 fully saturated rings. The largest absolute Gasteiger partial charge is 0.484 e. The zero-order chi connectivity index (χ0) is 19.4. The number of ether oxygens (including phenoxy) is 1. The topological polar surface area (TPSA) is 41.6 Å². The van der Waals surface area contributed by atoms with E-state index in [1.54, 1.807) is 0 Å². The predicted octanol–water partition coefficient (Wildman–Crippen LogP) is 4.40. The number of carbonyl (C=O) groups is 1. The van der Waals surface area contributed by atoms with Crippen molar-refractivity contribution in [2.24, 2.45) is 0 Å². The van der Waals surface area contributed by atoms with Gasteiger partial charge in [-0.25, -0.2) is 0 Å². The first-order chi connectivity index (χ1) is 12.9. The van der Waals surface area contributed by atoms with Crippen LogP contribution in [0.25, 0.3) is 0 Å². The third-order valence-corrected chi connectivity index (χ3v) is 5.30. The molecule has 1 amide bonds. The second-order valence-corrected chi connectivity index (χ2v) is 7.52. The fourth-order valence-corrected chi connectivity index (χ4v) is 3.82. The van der Waals surface area contributed by atoms with Gasteiger partial charge in [0.25, 0.3) is 5.91 Å². The van der Waals surface area contributed by atoms with Crippen LogP contribution in [0.3, 0.4) is 0 Å². The number of thiocarbonyl (C=S) groups is 1. The summed E-state index contributed by atoms with van der Waals surface area (Å²) in [5.74, 6) is 0.497. The molecule has 1 saturated heterocycles. The van der Waals surface area contributed by atoms with Crippen LogP contribution in [0.5, 0.6) is 5.75 Å². The van der Waals surface area contributed by atoms with Crippen molar-refractivity contribution >= 4 is 28.8 Å². The van der Waals surface area contributed by atoms with Crippen molar-refractivity contribution < 1.29 is 9.53 Å². The van der Waals surface area contributed by atoms with Gasteiger partial charge in [-0.15, -0.1) is 0 Å². The number of likely N-dealkylation sites (tertiary alicyclic amines) is 1. The Hall–Kier alpha value is -2.40. The monoisotopic (exact) mass is 382 g/mol. The summed E-state index contributed by atoms with van der Waals surface area (Å²) < 4.78 is 5.63. The first-order valence-corrected chi connectivity index (χ1v) is 9.74. The van der Waals surface area contributed by atoms with Crippen LogP contribution in [0, 0.1) is 20.8 Å². The molecule has 0 atom stereocenters. The number of benzene rings is 2. The molecular weight excluding hydrogens is 356 g/mol. The molecule has 1 aliphatic rings. The number of rotatable bonds is 5. The van der Waals surface area contributed by atoms with Crippen LogP contribution in [-0.2, 0) is 4.79 Å². The Morgan fingerprint density at radius 1 is 1.07 bits per heavy atom. The van der Waals surface area contributed by atoms with E-state index in [-0.39, 0.29) is 12.5 Å². The molecule has 1 heterocycles. The van der Waals surface area contributed by atoms with E-state index in [1.807, 2.05) is 45.0 Å². The van der Waals surface area contributed by atoms with E-state index in [4.69, 9.17) is 17.0 Å². The van der Waals surface area contributed by atoms with Crippen LogP contribution in [0.2, 0.25) is 0 Å². The Labute approximate surface area is 166 Å². The van der Waals surface area contributed by atoms with Crippen molar-refractivity contribution in [1.82, 2.24) is 4.90 Å². The van der Waals surface area contributed by atoms with Gasteiger partial charge >= 0.3 is 0 Å². The Morgan fingerprint density at radius 2 is 1.67 bits per heavy atom. The summed E-state index contributed by atoms with van der Waals surface area (Å²) in [7, 11) is 0. The molecule has 2 aromatic rings. The van der Waals surface area contributed by atoms with Crippen molar-refractivity contribution in [3.05, 3.63) is 58.7 Å². The number of nitrogens with zero attached hydrogens (tertiary/aromatic N) is 1. The molecule has 2 aromatic carbocycles. The average molecular weight is 383 g/mol. The van der Waals surface area contributed by atoms with E-state index in [0.29, 0.717) is 5.75 Å². The van der Waals surface area contributed by atoms with Gasteiger partial charge in [0.05, 0.1) is 0 Å². The lowest BCUT2D eigenvalue weighted by molar-refractivity contribution is -0.118. The first-order valence-electron chi connectivity index (χ1n) is 9.34. The summed E-state index contributed by atoms with van der Waals surface area (Å²) in [6, 6.07) is 11.8. The molecule has 0 saturated carbocycles. The molecule has 4 nitrogen and oxygen atoms in total. The van der Waals surface area contributed by atoms with Crippen LogP contribution >= 0.6 is 12.2 Å². The zero-order valence-corrected chi connectivity index (χ0v) is 17.0. The van der Waals surface area contributed by atoms with E-state index in [2.05, 4.69) is 22.3 Å². The van der Waals surface area contributed by atoms with Crippen molar-refractivity contribution in [2.75, 3.05) is 25.0 Å². The van der Waals surface area contributed by atoms with Gasteiger partial charge in [-0.3, -0.25) is 4.79 Å². The van der Waals surface area contributed by atoms with Crippen molar-refractivity contribution in [1.29, 1.82) is 0 Å². The van der Waals surface area contributed by atoms with E-state index < -0.39 is 0 Å². The minimum Gasteiger partial charge on any atom is -0.484 e. The first kappa shape index (κ1) is 19.4. The van der Waals surface area contributed by atoms with Gasteiger partial charge in [0.2, 0.25) is 0 Å². The second-order valence-electron chi connectivity index (χ2n) is 7.13. The highest BCUT2D eigenvalue weighted by atomic mass is 32.1. The second kappa shape index (κ2) is 8.53. The van der Waals surface area contributed by atoms with Crippen molar-refractivity contribution in [3.63, 3.8) is 0 Å². The average Bonchev–Trinajstić information content (AvgIpc) is 3.17. The van der Waals surface area contributed by atoms with E-state index >= 15 is 0 Å². The maximum absolute atomic E-state index is 12.3. The molecule has 5 heteroatoms. The van der Waals surface area contributed by atoms with E-state index in [1.165, 1.54) is 18.4 Å². The Balaban J connectivity index is 1.55. The summed E-state index contributed by atoms with van der Waals surface area (Å²) >= 11 is 5.56. The highest BCUT2D eigenvalue weighted by Gasteiger charge is 2.16. The Kier molecular flexibility index (Phi) is 6.11. The van der Waals surface area contributed by atoms with Gasteiger partial charge < -0.3 is 15.0 Å². The molecule has 1 N–H and O–H groups in total. The number of anilines is 1. The van der Waals surface area contributed by atoms with Gasteiger partial charge in [0, 0.05) is 24.3 Å². The fraction of sp³-hybridized carbons (Fsp3) is 0.364. The molecule has 27 heavy (non-hydrogen) atoms. The number of aryl methyl sites for hydroxylation is 3. The minimum atomic E-state index is -0.165. The van der Waals surface area contributed by atoms with Crippen LogP contribution < -0.4 is 10.1 Å². The number of nitrogens with one attached hydrogen (secondary N) is 1. The third-order valence-electron chi connectivity index (χ3n) is 4.81. The summed E-state index contributed by atoms with van der Waals surface area (Å²) in [6.45, 7) is 8.09. The number of carbonyl (C=O) groups excluding carboxylic acids is 1. The summed E-state index contributed by atoms with van der Waals surface area (Å²) in [5.41, 5.74) is 5.18.